The molecule has 2 aromatic rings. The molecule has 1 aromatic heterocycles. The molecule has 0 unspecified atom stereocenters. The average Bonchev–Trinajstić information content (AvgIpc) is 3.26. The van der Waals surface area contributed by atoms with Crippen molar-refractivity contribution >= 4 is 16.9 Å². The first-order valence-electron chi connectivity index (χ1n) is 9.08. The number of amides is 1. The second-order valence-corrected chi connectivity index (χ2v) is 7.05. The molecular formula is C19H25N3O3. The lowest BCUT2D eigenvalue weighted by Crippen LogP contribution is -2.58. The van der Waals surface area contributed by atoms with Crippen molar-refractivity contribution in [1.29, 1.82) is 0 Å². The maximum atomic E-state index is 12.7. The SMILES string of the molecule is CO[C@H]1CCN(C(=O)CCc2nc3ccccc3[nH]2)C[C@@]12CCCO2. The molecule has 6 heteroatoms. The number of likely N-dealkylation sites (tertiary alicyclic amines) is 1. The third-order valence-corrected chi connectivity index (χ3v) is 5.49. The van der Waals surface area contributed by atoms with Gasteiger partial charge < -0.3 is 19.4 Å². The molecule has 134 valence electrons. The van der Waals surface area contributed by atoms with Crippen LogP contribution in [0.4, 0.5) is 0 Å². The fraction of sp³-hybridized carbons (Fsp3) is 0.579. The van der Waals surface area contributed by atoms with Gasteiger partial charge >= 0.3 is 0 Å². The largest absolute Gasteiger partial charge is 0.378 e. The number of hydrogen-bond donors (Lipinski definition) is 1. The van der Waals surface area contributed by atoms with Gasteiger partial charge in [0.05, 0.1) is 23.7 Å². The van der Waals surface area contributed by atoms with Crippen LogP contribution in [-0.2, 0) is 20.7 Å². The Morgan fingerprint density at radius 3 is 3.12 bits per heavy atom. The van der Waals surface area contributed by atoms with E-state index in [4.69, 9.17) is 9.47 Å². The Labute approximate surface area is 147 Å². The highest BCUT2D eigenvalue weighted by Crippen LogP contribution is 2.36. The zero-order chi connectivity index (χ0) is 17.3. The Bertz CT molecular complexity index is 718. The Morgan fingerprint density at radius 2 is 2.36 bits per heavy atom. The van der Waals surface area contributed by atoms with Gasteiger partial charge in [-0.3, -0.25) is 4.79 Å². The molecule has 25 heavy (non-hydrogen) atoms. The van der Waals surface area contributed by atoms with Gasteiger partial charge in [0.15, 0.2) is 0 Å². The van der Waals surface area contributed by atoms with Crippen LogP contribution in [0.3, 0.4) is 0 Å². The number of fused-ring (bicyclic) bond motifs is 1. The van der Waals surface area contributed by atoms with Gasteiger partial charge in [0, 0.05) is 33.1 Å². The lowest BCUT2D eigenvalue weighted by molar-refractivity contribution is -0.160. The maximum absolute atomic E-state index is 12.7. The number of carbonyl (C=O) groups excluding carboxylic acids is 1. The Hall–Kier alpha value is -1.92. The van der Waals surface area contributed by atoms with Gasteiger partial charge in [0.1, 0.15) is 11.4 Å². The summed E-state index contributed by atoms with van der Waals surface area (Å²) in [6.45, 7) is 2.15. The molecule has 6 nitrogen and oxygen atoms in total. The van der Waals surface area contributed by atoms with Crippen LogP contribution in [0.5, 0.6) is 0 Å². The van der Waals surface area contributed by atoms with Crippen LogP contribution in [0.2, 0.25) is 0 Å². The number of nitrogens with one attached hydrogen (secondary N) is 1. The highest BCUT2D eigenvalue weighted by molar-refractivity contribution is 5.77. The number of methoxy groups -OCH3 is 1. The first-order valence-corrected chi connectivity index (χ1v) is 9.08. The number of aryl methyl sites for hydroxylation is 1. The van der Waals surface area contributed by atoms with Crippen molar-refractivity contribution in [3.8, 4) is 0 Å². The van der Waals surface area contributed by atoms with E-state index in [2.05, 4.69) is 9.97 Å². The number of ether oxygens (including phenoxy) is 2. The van der Waals surface area contributed by atoms with Crippen molar-refractivity contribution in [2.24, 2.45) is 0 Å². The second-order valence-electron chi connectivity index (χ2n) is 7.05. The minimum absolute atomic E-state index is 0.0921. The Morgan fingerprint density at radius 1 is 1.48 bits per heavy atom. The van der Waals surface area contributed by atoms with E-state index in [1.807, 2.05) is 29.2 Å². The number of imidazole rings is 1. The highest BCUT2D eigenvalue weighted by Gasteiger charge is 2.48. The summed E-state index contributed by atoms with van der Waals surface area (Å²) in [5.41, 5.74) is 1.66. The third-order valence-electron chi connectivity index (χ3n) is 5.49. The molecule has 3 heterocycles. The highest BCUT2D eigenvalue weighted by atomic mass is 16.6. The molecular weight excluding hydrogens is 318 g/mol. The fourth-order valence-electron chi connectivity index (χ4n) is 4.19. The van der Waals surface area contributed by atoms with E-state index in [0.717, 1.165) is 49.3 Å². The number of aromatic amines is 1. The molecule has 1 N–H and O–H groups in total. The van der Waals surface area contributed by atoms with E-state index in [1.165, 1.54) is 0 Å². The molecule has 2 fully saturated rings. The zero-order valence-electron chi connectivity index (χ0n) is 14.7. The smallest absolute Gasteiger partial charge is 0.223 e. The molecule has 2 atom stereocenters. The molecule has 0 aliphatic carbocycles. The predicted molar refractivity (Wildman–Crippen MR) is 94.3 cm³/mol. The van der Waals surface area contributed by atoms with Crippen molar-refractivity contribution in [3.63, 3.8) is 0 Å². The van der Waals surface area contributed by atoms with Gasteiger partial charge in [0.25, 0.3) is 0 Å². The number of hydrogen-bond acceptors (Lipinski definition) is 4. The maximum Gasteiger partial charge on any atom is 0.223 e. The predicted octanol–water partition coefficient (Wildman–Crippen LogP) is 2.29. The molecule has 0 bridgehead atoms. The minimum Gasteiger partial charge on any atom is -0.378 e. The van der Waals surface area contributed by atoms with E-state index in [9.17, 15) is 4.79 Å². The van der Waals surface area contributed by atoms with Gasteiger partial charge in [-0.25, -0.2) is 4.98 Å². The van der Waals surface area contributed by atoms with Crippen LogP contribution >= 0.6 is 0 Å². The molecule has 0 radical (unpaired) electrons. The van der Waals surface area contributed by atoms with Crippen LogP contribution in [0.25, 0.3) is 11.0 Å². The molecule has 2 saturated heterocycles. The Balaban J connectivity index is 1.39. The van der Waals surface area contributed by atoms with E-state index in [1.54, 1.807) is 7.11 Å². The normalized spacial score (nSPS) is 26.6. The summed E-state index contributed by atoms with van der Waals surface area (Å²) < 4.78 is 11.7. The van der Waals surface area contributed by atoms with Gasteiger partial charge in [0.2, 0.25) is 5.91 Å². The van der Waals surface area contributed by atoms with Crippen molar-refractivity contribution in [3.05, 3.63) is 30.1 Å². The molecule has 0 saturated carbocycles. The van der Waals surface area contributed by atoms with Gasteiger partial charge in [-0.05, 0) is 31.4 Å². The van der Waals surface area contributed by atoms with Crippen molar-refractivity contribution in [1.82, 2.24) is 14.9 Å². The number of nitrogens with zero attached hydrogens (tertiary/aromatic N) is 2. The molecule has 4 rings (SSSR count). The fourth-order valence-corrected chi connectivity index (χ4v) is 4.19. The monoisotopic (exact) mass is 343 g/mol. The van der Waals surface area contributed by atoms with Crippen LogP contribution in [0.1, 0.15) is 31.5 Å². The van der Waals surface area contributed by atoms with Gasteiger partial charge in [-0.2, -0.15) is 0 Å². The summed E-state index contributed by atoms with van der Waals surface area (Å²) in [5.74, 6) is 1.04. The van der Waals surface area contributed by atoms with Crippen molar-refractivity contribution in [2.75, 3.05) is 26.8 Å². The number of para-hydroxylation sites is 2. The van der Waals surface area contributed by atoms with Crippen LogP contribution in [0.15, 0.2) is 24.3 Å². The van der Waals surface area contributed by atoms with Crippen molar-refractivity contribution < 1.29 is 14.3 Å². The number of rotatable bonds is 4. The Kier molecular flexibility index (Phi) is 4.48. The first kappa shape index (κ1) is 16.5. The molecule has 1 spiro atoms. The van der Waals surface area contributed by atoms with Crippen molar-refractivity contribution in [2.45, 2.75) is 43.8 Å². The number of aromatic nitrogens is 2. The summed E-state index contributed by atoms with van der Waals surface area (Å²) in [5, 5.41) is 0. The van der Waals surface area contributed by atoms with Gasteiger partial charge in [-0.15, -0.1) is 0 Å². The zero-order valence-corrected chi connectivity index (χ0v) is 14.7. The topological polar surface area (TPSA) is 67.5 Å². The summed E-state index contributed by atoms with van der Waals surface area (Å²) in [6.07, 6.45) is 4.04. The number of piperidine rings is 1. The molecule has 2 aliphatic heterocycles. The van der Waals surface area contributed by atoms with Crippen LogP contribution < -0.4 is 0 Å². The summed E-state index contributed by atoms with van der Waals surface area (Å²) >= 11 is 0. The molecule has 2 aliphatic rings. The van der Waals surface area contributed by atoms with E-state index in [-0.39, 0.29) is 17.6 Å². The number of H-pyrrole nitrogens is 1. The first-order chi connectivity index (χ1) is 12.2. The minimum atomic E-state index is -0.304. The van der Waals surface area contributed by atoms with Gasteiger partial charge in [-0.1, -0.05) is 12.1 Å². The third kappa shape index (κ3) is 3.16. The number of benzene rings is 1. The van der Waals surface area contributed by atoms with Crippen LogP contribution in [0, 0.1) is 0 Å². The lowest BCUT2D eigenvalue weighted by Gasteiger charge is -2.44. The van der Waals surface area contributed by atoms with E-state index in [0.29, 0.717) is 19.4 Å². The van der Waals surface area contributed by atoms with E-state index >= 15 is 0 Å². The molecule has 1 aromatic carbocycles. The quantitative estimate of drug-likeness (QED) is 0.925. The lowest BCUT2D eigenvalue weighted by atomic mass is 9.86. The number of carbonyl (C=O) groups is 1. The summed E-state index contributed by atoms with van der Waals surface area (Å²) in [4.78, 5) is 22.5. The standard InChI is InChI=1S/C19H25N3O3/c1-24-16-9-11-22(13-19(16)10-4-12-25-19)18(23)8-7-17-20-14-5-2-3-6-15(14)21-17/h2-3,5-6,16H,4,7-13H2,1H3,(H,20,21)/t16-,19-/m0/s1. The summed E-state index contributed by atoms with van der Waals surface area (Å²) in [7, 11) is 1.74. The van der Waals surface area contributed by atoms with Crippen LogP contribution in [-0.4, -0.2) is 59.3 Å². The van der Waals surface area contributed by atoms with E-state index < -0.39 is 0 Å². The average molecular weight is 343 g/mol. The second kappa shape index (κ2) is 6.77. The summed E-state index contributed by atoms with van der Waals surface area (Å²) in [6, 6.07) is 7.94. The molecule has 1 amide bonds.